The molecule has 0 spiro atoms. The van der Waals surface area contributed by atoms with Gasteiger partial charge in [0.05, 0.1) is 7.11 Å². The number of rotatable bonds is 8. The number of fused-ring (bicyclic) bond motifs is 1. The quantitative estimate of drug-likeness (QED) is 0.393. The number of ether oxygens (including phenoxy) is 1. The van der Waals surface area contributed by atoms with E-state index in [2.05, 4.69) is 5.32 Å². The summed E-state index contributed by atoms with van der Waals surface area (Å²) in [7, 11) is 1.62. The summed E-state index contributed by atoms with van der Waals surface area (Å²) in [6.07, 6.45) is 0. The van der Waals surface area contributed by atoms with Gasteiger partial charge >= 0.3 is 5.97 Å². The molecule has 0 saturated heterocycles. The molecule has 1 aromatic heterocycles. The van der Waals surface area contributed by atoms with E-state index in [0.29, 0.717) is 30.4 Å². The number of aromatic nitrogens is 1. The first-order valence-electron chi connectivity index (χ1n) is 9.98. The molecule has 5 nitrogen and oxygen atoms in total. The van der Waals surface area contributed by atoms with Gasteiger partial charge in [-0.3, -0.25) is 0 Å². The second kappa shape index (κ2) is 9.25. The van der Waals surface area contributed by atoms with Gasteiger partial charge in [0.1, 0.15) is 11.4 Å². The maximum atomic E-state index is 12.3. The Morgan fingerprint density at radius 2 is 1.77 bits per heavy atom. The van der Waals surface area contributed by atoms with Gasteiger partial charge in [0.25, 0.3) is 0 Å². The number of aromatic carboxylic acids is 1. The molecule has 0 saturated carbocycles. The van der Waals surface area contributed by atoms with Gasteiger partial charge in [0.15, 0.2) is 0 Å². The van der Waals surface area contributed by atoms with Crippen LogP contribution in [-0.2, 0) is 19.6 Å². The Kier molecular flexibility index (Phi) is 6.26. The zero-order valence-corrected chi connectivity index (χ0v) is 17.9. The highest BCUT2D eigenvalue weighted by Crippen LogP contribution is 2.28. The first kappa shape index (κ1) is 21.0. The number of hydrogen-bond donors (Lipinski definition) is 2. The van der Waals surface area contributed by atoms with Gasteiger partial charge in [-0.15, -0.1) is 0 Å². The molecule has 4 aromatic rings. The zero-order chi connectivity index (χ0) is 21.8. The summed E-state index contributed by atoms with van der Waals surface area (Å²) >= 11 is 6.07. The van der Waals surface area contributed by atoms with Crippen molar-refractivity contribution in [3.8, 4) is 5.75 Å². The highest BCUT2D eigenvalue weighted by atomic mass is 35.5. The molecule has 3 aromatic carbocycles. The summed E-state index contributed by atoms with van der Waals surface area (Å²) in [5.41, 5.74) is 4.03. The van der Waals surface area contributed by atoms with E-state index in [0.717, 1.165) is 33.3 Å². The first-order chi connectivity index (χ1) is 15.1. The number of benzene rings is 3. The van der Waals surface area contributed by atoms with Crippen LogP contribution in [0.3, 0.4) is 0 Å². The van der Waals surface area contributed by atoms with Crippen molar-refractivity contribution in [1.82, 2.24) is 9.88 Å². The number of hydrogen-bond acceptors (Lipinski definition) is 3. The zero-order valence-electron chi connectivity index (χ0n) is 17.1. The van der Waals surface area contributed by atoms with Crippen LogP contribution in [0, 0.1) is 0 Å². The highest BCUT2D eigenvalue weighted by Gasteiger charge is 2.22. The average molecular weight is 435 g/mol. The van der Waals surface area contributed by atoms with Crippen LogP contribution in [0.1, 0.15) is 27.2 Å². The number of carbonyl (C=O) groups is 1. The number of halogens is 1. The van der Waals surface area contributed by atoms with Crippen molar-refractivity contribution in [3.63, 3.8) is 0 Å². The summed E-state index contributed by atoms with van der Waals surface area (Å²) in [6, 6.07) is 23.1. The van der Waals surface area contributed by atoms with Crippen LogP contribution in [-0.4, -0.2) is 22.8 Å². The summed E-state index contributed by atoms with van der Waals surface area (Å²) in [5, 5.41) is 15.1. The fourth-order valence-corrected chi connectivity index (χ4v) is 4.07. The minimum atomic E-state index is -0.940. The van der Waals surface area contributed by atoms with Crippen molar-refractivity contribution in [1.29, 1.82) is 0 Å². The smallest absolute Gasteiger partial charge is 0.352 e. The van der Waals surface area contributed by atoms with Crippen molar-refractivity contribution in [3.05, 3.63) is 100 Å². The number of methoxy groups -OCH3 is 1. The Hall–Kier alpha value is -3.28. The fourth-order valence-electron chi connectivity index (χ4n) is 3.86. The van der Waals surface area contributed by atoms with Crippen LogP contribution in [0.15, 0.2) is 72.8 Å². The van der Waals surface area contributed by atoms with Gasteiger partial charge in [-0.2, -0.15) is 0 Å². The fraction of sp³-hybridized carbons (Fsp3) is 0.160. The molecule has 0 aliphatic rings. The minimum absolute atomic E-state index is 0.301. The van der Waals surface area contributed by atoms with Crippen molar-refractivity contribution in [2.45, 2.75) is 19.6 Å². The molecule has 0 amide bonds. The lowest BCUT2D eigenvalue weighted by Crippen LogP contribution is -2.17. The molecule has 2 N–H and O–H groups in total. The van der Waals surface area contributed by atoms with E-state index in [4.69, 9.17) is 16.3 Å². The maximum Gasteiger partial charge on any atom is 0.352 e. The van der Waals surface area contributed by atoms with E-state index >= 15 is 0 Å². The third-order valence-electron chi connectivity index (χ3n) is 5.30. The van der Waals surface area contributed by atoms with Crippen LogP contribution in [0.4, 0.5) is 0 Å². The van der Waals surface area contributed by atoms with Crippen LogP contribution >= 0.6 is 11.6 Å². The topological polar surface area (TPSA) is 63.5 Å². The predicted octanol–water partition coefficient (Wildman–Crippen LogP) is 5.34. The third-order valence-corrected chi connectivity index (χ3v) is 5.53. The molecule has 1 heterocycles. The summed E-state index contributed by atoms with van der Waals surface area (Å²) in [5.74, 6) is -0.172. The van der Waals surface area contributed by atoms with Crippen molar-refractivity contribution < 1.29 is 14.6 Å². The largest absolute Gasteiger partial charge is 0.497 e. The van der Waals surface area contributed by atoms with E-state index in [1.807, 2.05) is 77.4 Å². The average Bonchev–Trinajstić information content (AvgIpc) is 3.08. The van der Waals surface area contributed by atoms with Gasteiger partial charge in [-0.05, 0) is 41.5 Å². The normalized spacial score (nSPS) is 11.0. The van der Waals surface area contributed by atoms with Gasteiger partial charge < -0.3 is 19.7 Å². The molecule has 4 rings (SSSR count). The summed E-state index contributed by atoms with van der Waals surface area (Å²) < 4.78 is 7.10. The highest BCUT2D eigenvalue weighted by molar-refractivity contribution is 6.30. The Labute approximate surface area is 185 Å². The molecular formula is C25H23ClN2O3. The van der Waals surface area contributed by atoms with E-state index in [1.54, 1.807) is 7.11 Å². The third kappa shape index (κ3) is 4.58. The van der Waals surface area contributed by atoms with E-state index in [1.165, 1.54) is 0 Å². The number of nitrogens with one attached hydrogen (secondary N) is 1. The monoisotopic (exact) mass is 434 g/mol. The molecule has 158 valence electrons. The molecule has 0 atom stereocenters. The number of para-hydroxylation sites is 1. The van der Waals surface area contributed by atoms with E-state index in [-0.39, 0.29) is 0 Å². The number of carboxylic acids is 1. The molecule has 0 aliphatic carbocycles. The molecule has 6 heteroatoms. The van der Waals surface area contributed by atoms with Crippen molar-refractivity contribution in [2.75, 3.05) is 7.11 Å². The molecule has 0 radical (unpaired) electrons. The van der Waals surface area contributed by atoms with E-state index < -0.39 is 5.97 Å². The Morgan fingerprint density at radius 1 is 1.00 bits per heavy atom. The van der Waals surface area contributed by atoms with Crippen LogP contribution in [0.5, 0.6) is 5.75 Å². The van der Waals surface area contributed by atoms with Crippen LogP contribution in [0.2, 0.25) is 5.02 Å². The van der Waals surface area contributed by atoms with Crippen molar-refractivity contribution >= 4 is 28.5 Å². The molecule has 0 fully saturated rings. The van der Waals surface area contributed by atoms with Gasteiger partial charge in [-0.1, -0.05) is 54.1 Å². The first-order valence-corrected chi connectivity index (χ1v) is 10.4. The Morgan fingerprint density at radius 3 is 2.48 bits per heavy atom. The molecule has 31 heavy (non-hydrogen) atoms. The number of nitrogens with zero attached hydrogens (tertiary/aromatic N) is 1. The second-order valence-corrected chi connectivity index (χ2v) is 7.75. The minimum Gasteiger partial charge on any atom is -0.497 e. The molecular weight excluding hydrogens is 412 g/mol. The molecule has 0 unspecified atom stereocenters. The predicted molar refractivity (Wildman–Crippen MR) is 123 cm³/mol. The SMILES string of the molecule is COc1ccc(Cn2c(C(=O)O)c(CNCc3cccc(Cl)c3)c3ccccc32)cc1. The summed E-state index contributed by atoms with van der Waals surface area (Å²) in [6.45, 7) is 1.49. The molecule has 0 aliphatic heterocycles. The van der Waals surface area contributed by atoms with E-state index in [9.17, 15) is 9.90 Å². The summed E-state index contributed by atoms with van der Waals surface area (Å²) in [4.78, 5) is 12.3. The van der Waals surface area contributed by atoms with Gasteiger partial charge in [-0.25, -0.2) is 4.79 Å². The second-order valence-electron chi connectivity index (χ2n) is 7.32. The standard InChI is InChI=1S/C25H23ClN2O3/c1-31-20-11-9-17(10-12-20)16-28-23-8-3-2-7-21(23)22(24(28)25(29)30)15-27-14-18-5-4-6-19(26)13-18/h2-13,27H,14-16H2,1H3,(H,29,30). The lowest BCUT2D eigenvalue weighted by atomic mass is 10.1. The lowest BCUT2D eigenvalue weighted by molar-refractivity contribution is 0.0684. The Balaban J connectivity index is 1.67. The van der Waals surface area contributed by atoms with Gasteiger partial charge in [0.2, 0.25) is 0 Å². The number of carboxylic acid groups (broad SMARTS) is 1. The van der Waals surface area contributed by atoms with Crippen LogP contribution in [0.25, 0.3) is 10.9 Å². The maximum absolute atomic E-state index is 12.3. The molecule has 0 bridgehead atoms. The van der Waals surface area contributed by atoms with Crippen LogP contribution < -0.4 is 10.1 Å². The Bertz CT molecular complexity index is 1220. The van der Waals surface area contributed by atoms with Gasteiger partial charge in [0, 0.05) is 41.1 Å². The lowest BCUT2D eigenvalue weighted by Gasteiger charge is -2.11. The van der Waals surface area contributed by atoms with Crippen molar-refractivity contribution in [2.24, 2.45) is 0 Å².